The van der Waals surface area contributed by atoms with E-state index in [0.717, 1.165) is 4.88 Å². The van der Waals surface area contributed by atoms with Gasteiger partial charge in [0.2, 0.25) is 0 Å². The molecule has 2 rings (SSSR count). The van der Waals surface area contributed by atoms with Crippen LogP contribution in [0.5, 0.6) is 11.5 Å². The summed E-state index contributed by atoms with van der Waals surface area (Å²) >= 11 is 4.70. The Morgan fingerprint density at radius 3 is 2.28 bits per heavy atom. The van der Waals surface area contributed by atoms with Crippen molar-refractivity contribution in [2.45, 2.75) is 6.10 Å². The van der Waals surface area contributed by atoms with Crippen LogP contribution in [0.2, 0.25) is 0 Å². The van der Waals surface area contributed by atoms with Gasteiger partial charge in [0, 0.05) is 6.07 Å². The van der Waals surface area contributed by atoms with Crippen molar-refractivity contribution in [3.8, 4) is 11.5 Å². The van der Waals surface area contributed by atoms with Crippen LogP contribution < -0.4 is 9.47 Å². The van der Waals surface area contributed by atoms with Gasteiger partial charge in [-0.05, 0) is 33.6 Å². The molecule has 6 heteroatoms. The van der Waals surface area contributed by atoms with Crippen molar-refractivity contribution in [1.29, 1.82) is 0 Å². The second kappa shape index (κ2) is 5.69. The van der Waals surface area contributed by atoms with Crippen LogP contribution in [0.4, 0.5) is 0 Å². The summed E-state index contributed by atoms with van der Waals surface area (Å²) < 4.78 is 11.0. The summed E-state index contributed by atoms with van der Waals surface area (Å²) in [4.78, 5) is 4.82. The summed E-state index contributed by atoms with van der Waals surface area (Å²) in [6.45, 7) is 0. The van der Waals surface area contributed by atoms with Gasteiger partial charge in [-0.25, -0.2) is 4.98 Å². The zero-order valence-electron chi connectivity index (χ0n) is 9.88. The molecule has 0 saturated carbocycles. The molecule has 1 unspecified atom stereocenters. The Morgan fingerprint density at radius 1 is 1.22 bits per heavy atom. The van der Waals surface area contributed by atoms with Crippen LogP contribution in [0.3, 0.4) is 0 Å². The number of aliphatic hydroxyl groups excluding tert-OH is 1. The number of thiazole rings is 1. The van der Waals surface area contributed by atoms with Crippen LogP contribution in [0.15, 0.2) is 28.3 Å². The fourth-order valence-electron chi connectivity index (χ4n) is 1.56. The zero-order chi connectivity index (χ0) is 13.1. The van der Waals surface area contributed by atoms with Gasteiger partial charge in [-0.15, -0.1) is 11.3 Å². The van der Waals surface area contributed by atoms with E-state index in [0.29, 0.717) is 21.7 Å². The molecule has 0 fully saturated rings. The number of hydrogen-bond acceptors (Lipinski definition) is 5. The molecule has 1 aromatic heterocycles. The average Bonchev–Trinajstić information content (AvgIpc) is 2.83. The van der Waals surface area contributed by atoms with Gasteiger partial charge >= 0.3 is 0 Å². The predicted molar refractivity (Wildman–Crippen MR) is 73.4 cm³/mol. The maximum absolute atomic E-state index is 10.3. The topological polar surface area (TPSA) is 51.6 Å². The molecule has 1 N–H and O–H groups in total. The van der Waals surface area contributed by atoms with E-state index in [2.05, 4.69) is 20.9 Å². The minimum atomic E-state index is -0.754. The monoisotopic (exact) mass is 329 g/mol. The van der Waals surface area contributed by atoms with E-state index < -0.39 is 6.10 Å². The highest BCUT2D eigenvalue weighted by Gasteiger charge is 2.18. The molecule has 2 aromatic rings. The molecule has 0 spiro atoms. The molecule has 96 valence electrons. The van der Waals surface area contributed by atoms with Gasteiger partial charge in [0.05, 0.1) is 24.6 Å². The molecule has 1 heterocycles. The van der Waals surface area contributed by atoms with Crippen molar-refractivity contribution in [3.05, 3.63) is 38.8 Å². The highest BCUT2D eigenvalue weighted by Crippen LogP contribution is 2.34. The third-order valence-corrected chi connectivity index (χ3v) is 4.26. The van der Waals surface area contributed by atoms with Gasteiger partial charge < -0.3 is 14.6 Å². The largest absolute Gasteiger partial charge is 0.497 e. The lowest BCUT2D eigenvalue weighted by Crippen LogP contribution is -2.00. The summed E-state index contributed by atoms with van der Waals surface area (Å²) in [6, 6.07) is 5.32. The van der Waals surface area contributed by atoms with Gasteiger partial charge in [0.1, 0.15) is 22.2 Å². The zero-order valence-corrected chi connectivity index (χ0v) is 12.3. The van der Waals surface area contributed by atoms with Crippen LogP contribution in [0.1, 0.15) is 16.5 Å². The summed E-state index contributed by atoms with van der Waals surface area (Å²) in [5, 5.41) is 10.3. The standard InChI is InChI=1S/C12H12BrNO3S/c1-16-8-3-7(4-9(5-8)17-2)10(15)11-12(13)14-6-18-11/h3-6,10,15H,1-2H3. The lowest BCUT2D eigenvalue weighted by atomic mass is 10.1. The lowest BCUT2D eigenvalue weighted by molar-refractivity contribution is 0.222. The number of rotatable bonds is 4. The van der Waals surface area contributed by atoms with E-state index in [1.54, 1.807) is 37.9 Å². The van der Waals surface area contributed by atoms with Crippen molar-refractivity contribution >= 4 is 27.3 Å². The first-order valence-electron chi connectivity index (χ1n) is 5.15. The van der Waals surface area contributed by atoms with Gasteiger partial charge in [-0.2, -0.15) is 0 Å². The molecule has 18 heavy (non-hydrogen) atoms. The average molecular weight is 330 g/mol. The van der Waals surface area contributed by atoms with E-state index in [9.17, 15) is 5.11 Å². The number of hydrogen-bond donors (Lipinski definition) is 1. The Bertz CT molecular complexity index is 522. The molecule has 0 radical (unpaired) electrons. The highest BCUT2D eigenvalue weighted by atomic mass is 79.9. The van der Waals surface area contributed by atoms with E-state index in [1.165, 1.54) is 11.3 Å². The molecule has 0 aliphatic rings. The van der Waals surface area contributed by atoms with E-state index in [4.69, 9.17) is 9.47 Å². The van der Waals surface area contributed by atoms with Gasteiger partial charge in [0.25, 0.3) is 0 Å². The Hall–Kier alpha value is -1.11. The third kappa shape index (κ3) is 2.66. The molecule has 0 bridgehead atoms. The Kier molecular flexibility index (Phi) is 4.21. The molecule has 1 atom stereocenters. The molecule has 0 amide bonds. The first-order valence-corrected chi connectivity index (χ1v) is 6.83. The minimum absolute atomic E-state index is 0.643. The maximum Gasteiger partial charge on any atom is 0.123 e. The quantitative estimate of drug-likeness (QED) is 0.936. The predicted octanol–water partition coefficient (Wildman–Crippen LogP) is 3.00. The molecule has 0 aliphatic heterocycles. The number of ether oxygens (including phenoxy) is 2. The summed E-state index contributed by atoms with van der Waals surface area (Å²) in [6.07, 6.45) is -0.754. The SMILES string of the molecule is COc1cc(OC)cc(C(O)c2scnc2Br)c1. The summed E-state index contributed by atoms with van der Waals surface area (Å²) in [5.74, 6) is 1.29. The van der Waals surface area contributed by atoms with Crippen molar-refractivity contribution in [1.82, 2.24) is 4.98 Å². The summed E-state index contributed by atoms with van der Waals surface area (Å²) in [5.41, 5.74) is 2.39. The van der Waals surface area contributed by atoms with Gasteiger partial charge in [0.15, 0.2) is 0 Å². The van der Waals surface area contributed by atoms with Crippen molar-refractivity contribution in [3.63, 3.8) is 0 Å². The van der Waals surface area contributed by atoms with E-state index in [1.807, 2.05) is 0 Å². The van der Waals surface area contributed by atoms with Crippen LogP contribution >= 0.6 is 27.3 Å². The number of halogens is 1. The summed E-state index contributed by atoms with van der Waals surface area (Å²) in [7, 11) is 3.15. The number of nitrogens with zero attached hydrogens (tertiary/aromatic N) is 1. The first-order chi connectivity index (χ1) is 8.65. The smallest absolute Gasteiger partial charge is 0.123 e. The second-order valence-corrected chi connectivity index (χ2v) is 5.19. The Balaban J connectivity index is 2.41. The van der Waals surface area contributed by atoms with Crippen LogP contribution in [0, 0.1) is 0 Å². The Morgan fingerprint density at radius 2 is 1.83 bits per heavy atom. The van der Waals surface area contributed by atoms with Crippen LogP contribution in [-0.4, -0.2) is 24.3 Å². The van der Waals surface area contributed by atoms with Crippen LogP contribution in [-0.2, 0) is 0 Å². The molecule has 0 saturated heterocycles. The highest BCUT2D eigenvalue weighted by molar-refractivity contribution is 9.10. The van der Waals surface area contributed by atoms with Gasteiger partial charge in [-0.3, -0.25) is 0 Å². The van der Waals surface area contributed by atoms with Crippen molar-refractivity contribution in [2.24, 2.45) is 0 Å². The number of benzene rings is 1. The van der Waals surface area contributed by atoms with Crippen molar-refractivity contribution < 1.29 is 14.6 Å². The maximum atomic E-state index is 10.3. The number of aromatic nitrogens is 1. The second-order valence-electron chi connectivity index (χ2n) is 3.56. The molecule has 4 nitrogen and oxygen atoms in total. The number of aliphatic hydroxyl groups is 1. The number of methoxy groups -OCH3 is 2. The van der Waals surface area contributed by atoms with E-state index in [-0.39, 0.29) is 0 Å². The first kappa shape index (κ1) is 13.3. The molecular weight excluding hydrogens is 318 g/mol. The fraction of sp³-hybridized carbons (Fsp3) is 0.250. The minimum Gasteiger partial charge on any atom is -0.497 e. The van der Waals surface area contributed by atoms with Crippen molar-refractivity contribution in [2.75, 3.05) is 14.2 Å². The fourth-order valence-corrected chi connectivity index (χ4v) is 2.98. The molecule has 1 aromatic carbocycles. The third-order valence-electron chi connectivity index (χ3n) is 2.49. The van der Waals surface area contributed by atoms with E-state index >= 15 is 0 Å². The molecular formula is C12H12BrNO3S. The van der Waals surface area contributed by atoms with Gasteiger partial charge in [-0.1, -0.05) is 0 Å². The molecule has 0 aliphatic carbocycles. The van der Waals surface area contributed by atoms with Crippen LogP contribution in [0.25, 0.3) is 0 Å². The normalized spacial score (nSPS) is 12.2. The lowest BCUT2D eigenvalue weighted by Gasteiger charge is -2.12. The Labute approximate surface area is 117 Å².